The number of carbonyl (C=O) groups excluding carboxylic acids is 1. The highest BCUT2D eigenvalue weighted by Gasteiger charge is 2.24. The third-order valence-electron chi connectivity index (χ3n) is 3.16. The SMILES string of the molecule is Cn1nccc1C(=O)N1CCC(CF)CC1. The molecule has 1 saturated heterocycles. The summed E-state index contributed by atoms with van der Waals surface area (Å²) in [6, 6.07) is 1.71. The molecule has 0 spiro atoms. The van der Waals surface area contributed by atoms with Crippen molar-refractivity contribution in [3.05, 3.63) is 18.0 Å². The fraction of sp³-hybridized carbons (Fsp3) is 0.636. The number of hydrogen-bond acceptors (Lipinski definition) is 2. The molecule has 5 heteroatoms. The molecule has 1 aromatic heterocycles. The lowest BCUT2D eigenvalue weighted by Gasteiger charge is -2.30. The van der Waals surface area contributed by atoms with Gasteiger partial charge < -0.3 is 4.90 Å². The first-order chi connectivity index (χ1) is 7.72. The van der Waals surface area contributed by atoms with Crippen LogP contribution in [0.3, 0.4) is 0 Å². The summed E-state index contributed by atoms with van der Waals surface area (Å²) >= 11 is 0. The van der Waals surface area contributed by atoms with Gasteiger partial charge in [0.05, 0.1) is 6.67 Å². The Hall–Kier alpha value is -1.39. The van der Waals surface area contributed by atoms with Gasteiger partial charge in [-0.3, -0.25) is 13.9 Å². The Balaban J connectivity index is 2.00. The van der Waals surface area contributed by atoms with Gasteiger partial charge >= 0.3 is 0 Å². The number of halogens is 1. The standard InChI is InChI=1S/C11H16FN3O/c1-14-10(2-5-13-14)11(16)15-6-3-9(8-12)4-7-15/h2,5,9H,3-4,6-8H2,1H3. The van der Waals surface area contributed by atoms with E-state index >= 15 is 0 Å². The normalized spacial score (nSPS) is 17.8. The van der Waals surface area contributed by atoms with E-state index in [1.807, 2.05) is 0 Å². The van der Waals surface area contributed by atoms with E-state index in [-0.39, 0.29) is 18.5 Å². The van der Waals surface area contributed by atoms with E-state index in [0.717, 1.165) is 12.8 Å². The van der Waals surface area contributed by atoms with Crippen molar-refractivity contribution in [2.24, 2.45) is 13.0 Å². The molecule has 16 heavy (non-hydrogen) atoms. The molecule has 0 unspecified atom stereocenters. The molecule has 1 aliphatic rings. The first kappa shape index (κ1) is 11.1. The number of alkyl halides is 1. The van der Waals surface area contributed by atoms with Crippen LogP contribution in [0.2, 0.25) is 0 Å². The first-order valence-electron chi connectivity index (χ1n) is 5.55. The highest BCUT2D eigenvalue weighted by molar-refractivity contribution is 5.92. The Morgan fingerprint density at radius 3 is 2.75 bits per heavy atom. The summed E-state index contributed by atoms with van der Waals surface area (Å²) in [5.74, 6) is 0.132. The van der Waals surface area contributed by atoms with Crippen molar-refractivity contribution in [2.75, 3.05) is 19.8 Å². The number of likely N-dealkylation sites (tertiary alicyclic amines) is 1. The van der Waals surface area contributed by atoms with Crippen molar-refractivity contribution in [2.45, 2.75) is 12.8 Å². The van der Waals surface area contributed by atoms with Crippen LogP contribution in [0.15, 0.2) is 12.3 Å². The maximum Gasteiger partial charge on any atom is 0.272 e. The first-order valence-corrected chi connectivity index (χ1v) is 5.55. The Kier molecular flexibility index (Phi) is 3.22. The minimum Gasteiger partial charge on any atom is -0.337 e. The molecule has 2 heterocycles. The number of aromatic nitrogens is 2. The van der Waals surface area contributed by atoms with E-state index in [1.54, 1.807) is 28.9 Å². The van der Waals surface area contributed by atoms with Gasteiger partial charge in [0, 0.05) is 26.3 Å². The van der Waals surface area contributed by atoms with E-state index in [9.17, 15) is 9.18 Å². The van der Waals surface area contributed by atoms with Gasteiger partial charge in [0.15, 0.2) is 0 Å². The molecule has 0 bridgehead atoms. The van der Waals surface area contributed by atoms with Crippen molar-refractivity contribution in [1.29, 1.82) is 0 Å². The highest BCUT2D eigenvalue weighted by atomic mass is 19.1. The molecule has 0 aromatic carbocycles. The summed E-state index contributed by atoms with van der Waals surface area (Å²) in [5.41, 5.74) is 0.596. The molecular formula is C11H16FN3O. The van der Waals surface area contributed by atoms with Crippen molar-refractivity contribution in [1.82, 2.24) is 14.7 Å². The Morgan fingerprint density at radius 1 is 1.56 bits per heavy atom. The quantitative estimate of drug-likeness (QED) is 0.759. The van der Waals surface area contributed by atoms with Crippen LogP contribution in [0.4, 0.5) is 4.39 Å². The molecule has 2 rings (SSSR count). The predicted octanol–water partition coefficient (Wildman–Crippen LogP) is 1.24. The summed E-state index contributed by atoms with van der Waals surface area (Å²) in [5, 5.41) is 3.97. The topological polar surface area (TPSA) is 38.1 Å². The number of amides is 1. The molecular weight excluding hydrogens is 209 g/mol. The average Bonchev–Trinajstić information content (AvgIpc) is 2.75. The lowest BCUT2D eigenvalue weighted by Crippen LogP contribution is -2.39. The van der Waals surface area contributed by atoms with E-state index in [0.29, 0.717) is 18.8 Å². The van der Waals surface area contributed by atoms with Crippen LogP contribution in [0.1, 0.15) is 23.3 Å². The van der Waals surface area contributed by atoms with Crippen molar-refractivity contribution in [3.8, 4) is 0 Å². The second-order valence-corrected chi connectivity index (χ2v) is 4.23. The third kappa shape index (κ3) is 2.08. The summed E-state index contributed by atoms with van der Waals surface area (Å²) < 4.78 is 14.0. The summed E-state index contributed by atoms with van der Waals surface area (Å²) in [6.45, 7) is 1.03. The van der Waals surface area contributed by atoms with Crippen LogP contribution < -0.4 is 0 Å². The number of carbonyl (C=O) groups is 1. The van der Waals surface area contributed by atoms with E-state index in [1.165, 1.54) is 0 Å². The molecule has 1 amide bonds. The molecule has 1 fully saturated rings. The number of aryl methyl sites for hydroxylation is 1. The smallest absolute Gasteiger partial charge is 0.272 e. The predicted molar refractivity (Wildman–Crippen MR) is 57.8 cm³/mol. The average molecular weight is 225 g/mol. The molecule has 0 aliphatic carbocycles. The molecule has 0 saturated carbocycles. The molecule has 4 nitrogen and oxygen atoms in total. The zero-order chi connectivity index (χ0) is 11.5. The number of nitrogens with zero attached hydrogens (tertiary/aromatic N) is 3. The summed E-state index contributed by atoms with van der Waals surface area (Å²) in [6.07, 6.45) is 3.14. The van der Waals surface area contributed by atoms with Crippen LogP contribution >= 0.6 is 0 Å². The minimum atomic E-state index is -0.270. The van der Waals surface area contributed by atoms with Crippen LogP contribution in [-0.4, -0.2) is 40.4 Å². The zero-order valence-electron chi connectivity index (χ0n) is 9.40. The summed E-state index contributed by atoms with van der Waals surface area (Å²) in [7, 11) is 1.75. The van der Waals surface area contributed by atoms with E-state index in [2.05, 4.69) is 5.10 Å². The number of hydrogen-bond donors (Lipinski definition) is 0. The Bertz CT molecular complexity index is 369. The largest absolute Gasteiger partial charge is 0.337 e. The van der Waals surface area contributed by atoms with Gasteiger partial charge in [0.25, 0.3) is 5.91 Å². The molecule has 88 valence electrons. The van der Waals surface area contributed by atoms with Gasteiger partial charge in [-0.1, -0.05) is 0 Å². The molecule has 0 radical (unpaired) electrons. The summed E-state index contributed by atoms with van der Waals surface area (Å²) in [4.78, 5) is 13.8. The third-order valence-corrected chi connectivity index (χ3v) is 3.16. The van der Waals surface area contributed by atoms with Gasteiger partial charge in [0.1, 0.15) is 5.69 Å². The maximum atomic E-state index is 12.4. The fourth-order valence-corrected chi connectivity index (χ4v) is 2.04. The van der Waals surface area contributed by atoms with Crippen molar-refractivity contribution in [3.63, 3.8) is 0 Å². The van der Waals surface area contributed by atoms with Gasteiger partial charge in [0.2, 0.25) is 0 Å². The van der Waals surface area contributed by atoms with E-state index < -0.39 is 0 Å². The number of rotatable bonds is 2. The second-order valence-electron chi connectivity index (χ2n) is 4.23. The van der Waals surface area contributed by atoms with Crippen LogP contribution in [0, 0.1) is 5.92 Å². The van der Waals surface area contributed by atoms with Crippen LogP contribution in [-0.2, 0) is 7.05 Å². The van der Waals surface area contributed by atoms with Crippen molar-refractivity contribution < 1.29 is 9.18 Å². The van der Waals surface area contributed by atoms with Gasteiger partial charge in [-0.2, -0.15) is 5.10 Å². The lowest BCUT2D eigenvalue weighted by atomic mass is 9.98. The maximum absolute atomic E-state index is 12.4. The minimum absolute atomic E-state index is 0.00249. The molecule has 0 atom stereocenters. The van der Waals surface area contributed by atoms with E-state index in [4.69, 9.17) is 0 Å². The number of piperidine rings is 1. The van der Waals surface area contributed by atoms with Crippen LogP contribution in [0.5, 0.6) is 0 Å². The molecule has 1 aromatic rings. The molecule has 0 N–H and O–H groups in total. The van der Waals surface area contributed by atoms with Gasteiger partial charge in [-0.25, -0.2) is 0 Å². The van der Waals surface area contributed by atoms with Gasteiger partial charge in [-0.15, -0.1) is 0 Å². The highest BCUT2D eigenvalue weighted by Crippen LogP contribution is 2.19. The molecule has 1 aliphatic heterocycles. The lowest BCUT2D eigenvalue weighted by molar-refractivity contribution is 0.0666. The van der Waals surface area contributed by atoms with Crippen molar-refractivity contribution >= 4 is 5.91 Å². The van der Waals surface area contributed by atoms with Crippen LogP contribution in [0.25, 0.3) is 0 Å². The fourth-order valence-electron chi connectivity index (χ4n) is 2.04. The monoisotopic (exact) mass is 225 g/mol. The second kappa shape index (κ2) is 4.63. The zero-order valence-corrected chi connectivity index (χ0v) is 9.40. The Morgan fingerprint density at radius 2 is 2.25 bits per heavy atom. The Labute approximate surface area is 94.0 Å². The van der Waals surface area contributed by atoms with Gasteiger partial charge in [-0.05, 0) is 24.8 Å².